The summed E-state index contributed by atoms with van der Waals surface area (Å²) in [5.74, 6) is -0.0160. The largest absolute Gasteiger partial charge is 0.482 e. The molecule has 3 rings (SSSR count). The number of para-hydroxylation sites is 2. The van der Waals surface area contributed by atoms with Gasteiger partial charge in [0.25, 0.3) is 5.91 Å². The predicted molar refractivity (Wildman–Crippen MR) is 86.1 cm³/mol. The quantitative estimate of drug-likeness (QED) is 0.641. The van der Waals surface area contributed by atoms with E-state index in [2.05, 4.69) is 0 Å². The van der Waals surface area contributed by atoms with Gasteiger partial charge in [-0.05, 0) is 36.8 Å². The van der Waals surface area contributed by atoms with E-state index >= 15 is 0 Å². The highest BCUT2D eigenvalue weighted by Crippen LogP contribution is 2.31. The molecule has 0 radical (unpaired) electrons. The van der Waals surface area contributed by atoms with Crippen molar-refractivity contribution in [3.05, 3.63) is 53.1 Å². The van der Waals surface area contributed by atoms with E-state index in [0.717, 1.165) is 5.56 Å². The minimum Gasteiger partial charge on any atom is -0.482 e. The van der Waals surface area contributed by atoms with Crippen LogP contribution in [0.2, 0.25) is 5.02 Å². The van der Waals surface area contributed by atoms with Crippen molar-refractivity contribution >= 4 is 29.2 Å². The molecule has 0 saturated carbocycles. The minimum atomic E-state index is -0.567. The summed E-state index contributed by atoms with van der Waals surface area (Å²) in [7, 11) is 0. The molecule has 0 fully saturated rings. The molecule has 0 aliphatic carbocycles. The van der Waals surface area contributed by atoms with Crippen LogP contribution in [0.25, 0.3) is 0 Å². The van der Waals surface area contributed by atoms with Gasteiger partial charge in [0.1, 0.15) is 18.0 Å². The van der Waals surface area contributed by atoms with Crippen LogP contribution in [0.5, 0.6) is 11.5 Å². The van der Waals surface area contributed by atoms with Gasteiger partial charge in [-0.2, -0.15) is 0 Å². The molecule has 0 spiro atoms. The van der Waals surface area contributed by atoms with Crippen LogP contribution >= 0.6 is 11.6 Å². The Morgan fingerprint density at radius 2 is 2.09 bits per heavy atom. The standard InChI is InChI=1S/C17H14ClNO4/c1-11-6-7-12(18)15(8-11)23-17(21)9-19-13-4-2-3-5-14(13)22-10-16(19)20/h2-8H,9-10H2,1H3. The smallest absolute Gasteiger partial charge is 0.331 e. The first-order valence-corrected chi connectivity index (χ1v) is 7.41. The number of esters is 1. The van der Waals surface area contributed by atoms with Gasteiger partial charge in [-0.15, -0.1) is 0 Å². The van der Waals surface area contributed by atoms with Gasteiger partial charge in [-0.25, -0.2) is 4.79 Å². The fraction of sp³-hybridized carbons (Fsp3) is 0.176. The zero-order chi connectivity index (χ0) is 16.4. The van der Waals surface area contributed by atoms with E-state index in [-0.39, 0.29) is 24.8 Å². The van der Waals surface area contributed by atoms with E-state index in [4.69, 9.17) is 21.1 Å². The highest BCUT2D eigenvalue weighted by molar-refractivity contribution is 6.32. The van der Waals surface area contributed by atoms with E-state index in [1.54, 1.807) is 36.4 Å². The SMILES string of the molecule is Cc1ccc(Cl)c(OC(=O)CN2C(=O)COc3ccccc32)c1. The van der Waals surface area contributed by atoms with Gasteiger partial charge in [0, 0.05) is 0 Å². The average molecular weight is 332 g/mol. The van der Waals surface area contributed by atoms with Gasteiger partial charge in [0.05, 0.1) is 10.7 Å². The number of aryl methyl sites for hydroxylation is 1. The van der Waals surface area contributed by atoms with Crippen molar-refractivity contribution in [1.29, 1.82) is 0 Å². The Hall–Kier alpha value is -2.53. The van der Waals surface area contributed by atoms with Gasteiger partial charge in [0.15, 0.2) is 6.61 Å². The summed E-state index contributed by atoms with van der Waals surface area (Å²) in [5, 5.41) is 0.345. The maximum atomic E-state index is 12.2. The van der Waals surface area contributed by atoms with E-state index in [9.17, 15) is 9.59 Å². The van der Waals surface area contributed by atoms with Crippen molar-refractivity contribution in [2.45, 2.75) is 6.92 Å². The van der Waals surface area contributed by atoms with Gasteiger partial charge in [0.2, 0.25) is 0 Å². The molecular formula is C17H14ClNO4. The molecule has 0 N–H and O–H groups in total. The fourth-order valence-corrected chi connectivity index (χ4v) is 2.46. The molecule has 2 aromatic rings. The molecule has 0 unspecified atom stereocenters. The predicted octanol–water partition coefficient (Wildman–Crippen LogP) is 2.98. The molecule has 2 aromatic carbocycles. The summed E-state index contributed by atoms with van der Waals surface area (Å²) in [6.07, 6.45) is 0. The van der Waals surface area contributed by atoms with Crippen molar-refractivity contribution in [2.75, 3.05) is 18.1 Å². The topological polar surface area (TPSA) is 55.8 Å². The van der Waals surface area contributed by atoms with Crippen LogP contribution in [0, 0.1) is 6.92 Å². The van der Waals surface area contributed by atoms with Crippen LogP contribution in [0.15, 0.2) is 42.5 Å². The number of carbonyl (C=O) groups is 2. The molecule has 0 atom stereocenters. The first-order chi connectivity index (χ1) is 11.0. The Morgan fingerprint density at radius 3 is 2.91 bits per heavy atom. The number of hydrogen-bond donors (Lipinski definition) is 0. The third kappa shape index (κ3) is 3.29. The maximum absolute atomic E-state index is 12.2. The van der Waals surface area contributed by atoms with Crippen molar-refractivity contribution in [3.8, 4) is 11.5 Å². The molecule has 5 nitrogen and oxygen atoms in total. The summed E-state index contributed by atoms with van der Waals surface area (Å²) < 4.78 is 10.6. The molecule has 0 saturated heterocycles. The van der Waals surface area contributed by atoms with Crippen LogP contribution in [-0.4, -0.2) is 25.0 Å². The van der Waals surface area contributed by atoms with E-state index in [0.29, 0.717) is 16.5 Å². The number of nitrogens with zero attached hydrogens (tertiary/aromatic N) is 1. The zero-order valence-electron chi connectivity index (χ0n) is 12.4. The Kier molecular flexibility index (Phi) is 4.21. The van der Waals surface area contributed by atoms with Crippen molar-refractivity contribution < 1.29 is 19.1 Å². The van der Waals surface area contributed by atoms with Gasteiger partial charge < -0.3 is 9.47 Å². The van der Waals surface area contributed by atoms with E-state index in [1.165, 1.54) is 4.90 Å². The molecule has 1 aliphatic heterocycles. The molecular weight excluding hydrogens is 318 g/mol. The number of anilines is 1. The molecule has 1 aliphatic rings. The molecule has 23 heavy (non-hydrogen) atoms. The number of hydrogen-bond acceptors (Lipinski definition) is 4. The lowest BCUT2D eigenvalue weighted by Gasteiger charge is -2.28. The molecule has 1 amide bonds. The fourth-order valence-electron chi connectivity index (χ4n) is 2.30. The van der Waals surface area contributed by atoms with Crippen LogP contribution in [0.4, 0.5) is 5.69 Å². The Balaban J connectivity index is 1.78. The summed E-state index contributed by atoms with van der Waals surface area (Å²) >= 11 is 6.02. The molecule has 0 bridgehead atoms. The number of benzene rings is 2. The average Bonchev–Trinajstić information content (AvgIpc) is 2.54. The number of carbonyl (C=O) groups excluding carboxylic acids is 2. The molecule has 1 heterocycles. The Morgan fingerprint density at radius 1 is 1.30 bits per heavy atom. The molecule has 0 aromatic heterocycles. The lowest BCUT2D eigenvalue weighted by molar-refractivity contribution is -0.134. The van der Waals surface area contributed by atoms with E-state index < -0.39 is 5.97 Å². The molecule has 6 heteroatoms. The number of rotatable bonds is 3. The number of ether oxygens (including phenoxy) is 2. The first-order valence-electron chi connectivity index (χ1n) is 7.03. The lowest BCUT2D eigenvalue weighted by Crippen LogP contribution is -2.43. The van der Waals surface area contributed by atoms with Crippen LogP contribution in [0.3, 0.4) is 0 Å². The normalized spacial score (nSPS) is 13.3. The third-order valence-electron chi connectivity index (χ3n) is 3.41. The summed E-state index contributed by atoms with van der Waals surface area (Å²) in [6.45, 7) is 1.56. The zero-order valence-corrected chi connectivity index (χ0v) is 13.2. The first kappa shape index (κ1) is 15.4. The second-order valence-electron chi connectivity index (χ2n) is 5.14. The van der Waals surface area contributed by atoms with Gasteiger partial charge >= 0.3 is 5.97 Å². The number of amides is 1. The number of halogens is 1. The maximum Gasteiger partial charge on any atom is 0.331 e. The number of fused-ring (bicyclic) bond motifs is 1. The monoisotopic (exact) mass is 331 g/mol. The Bertz CT molecular complexity index is 775. The molecule has 118 valence electrons. The summed E-state index contributed by atoms with van der Waals surface area (Å²) in [5.41, 5.74) is 1.47. The van der Waals surface area contributed by atoms with Crippen LogP contribution < -0.4 is 14.4 Å². The van der Waals surface area contributed by atoms with Crippen molar-refractivity contribution in [2.24, 2.45) is 0 Å². The second-order valence-corrected chi connectivity index (χ2v) is 5.55. The van der Waals surface area contributed by atoms with Gasteiger partial charge in [-0.1, -0.05) is 29.8 Å². The Labute approximate surface area is 138 Å². The van der Waals surface area contributed by atoms with E-state index in [1.807, 2.05) is 13.0 Å². The van der Waals surface area contributed by atoms with Crippen molar-refractivity contribution in [1.82, 2.24) is 0 Å². The van der Waals surface area contributed by atoms with Crippen LogP contribution in [0.1, 0.15) is 5.56 Å². The third-order valence-corrected chi connectivity index (χ3v) is 3.72. The van der Waals surface area contributed by atoms with Crippen molar-refractivity contribution in [3.63, 3.8) is 0 Å². The van der Waals surface area contributed by atoms with Crippen LogP contribution in [-0.2, 0) is 9.59 Å². The van der Waals surface area contributed by atoms with Gasteiger partial charge in [-0.3, -0.25) is 9.69 Å². The summed E-state index contributed by atoms with van der Waals surface area (Å²) in [4.78, 5) is 25.6. The second kappa shape index (κ2) is 6.30. The highest BCUT2D eigenvalue weighted by Gasteiger charge is 2.27. The summed E-state index contributed by atoms with van der Waals surface area (Å²) in [6, 6.07) is 12.2. The lowest BCUT2D eigenvalue weighted by atomic mass is 10.2. The minimum absolute atomic E-state index is 0.102. The highest BCUT2D eigenvalue weighted by atomic mass is 35.5.